The van der Waals surface area contributed by atoms with Crippen molar-refractivity contribution in [1.29, 1.82) is 0 Å². The number of ether oxygens (including phenoxy) is 1. The lowest BCUT2D eigenvalue weighted by molar-refractivity contribution is 0.0692. The van der Waals surface area contributed by atoms with Crippen molar-refractivity contribution in [2.75, 3.05) is 7.11 Å². The van der Waals surface area contributed by atoms with E-state index in [4.69, 9.17) is 9.84 Å². The maximum atomic E-state index is 13.6. The Kier molecular flexibility index (Phi) is 3.37. The topological polar surface area (TPSA) is 66.8 Å². The summed E-state index contributed by atoms with van der Waals surface area (Å²) in [7, 11) is 1.41. The molecule has 0 saturated carbocycles. The van der Waals surface area contributed by atoms with Crippen molar-refractivity contribution in [1.82, 2.24) is 0 Å². The number of carboxylic acids is 1. The molecule has 0 spiro atoms. The summed E-state index contributed by atoms with van der Waals surface area (Å²) in [6.07, 6.45) is 0. The number of aromatic carboxylic acids is 1. The van der Waals surface area contributed by atoms with Gasteiger partial charge in [-0.05, 0) is 35.4 Å². The molecule has 2 N–H and O–H groups in total. The number of benzene rings is 2. The Labute approximate surface area is 108 Å². The van der Waals surface area contributed by atoms with Crippen molar-refractivity contribution in [3.8, 4) is 22.6 Å². The molecule has 98 valence electrons. The van der Waals surface area contributed by atoms with E-state index in [0.717, 1.165) is 6.07 Å². The molecule has 2 rings (SSSR count). The van der Waals surface area contributed by atoms with Crippen LogP contribution in [0.3, 0.4) is 0 Å². The summed E-state index contributed by atoms with van der Waals surface area (Å²) in [6, 6.07) is 8.40. The van der Waals surface area contributed by atoms with E-state index in [1.165, 1.54) is 25.3 Å². The van der Waals surface area contributed by atoms with Crippen LogP contribution in [-0.2, 0) is 0 Å². The number of phenols is 1. The van der Waals surface area contributed by atoms with Gasteiger partial charge in [0.1, 0.15) is 5.82 Å². The molecule has 5 heteroatoms. The van der Waals surface area contributed by atoms with Crippen LogP contribution in [0.15, 0.2) is 36.4 Å². The van der Waals surface area contributed by atoms with Crippen LogP contribution in [0.4, 0.5) is 4.39 Å². The molecule has 2 aromatic carbocycles. The molecule has 19 heavy (non-hydrogen) atoms. The number of rotatable bonds is 3. The van der Waals surface area contributed by atoms with E-state index < -0.39 is 11.8 Å². The number of carbonyl (C=O) groups is 1. The summed E-state index contributed by atoms with van der Waals surface area (Å²) in [5, 5.41) is 18.2. The Bertz CT molecular complexity index is 637. The molecular formula is C14H11FO4. The van der Waals surface area contributed by atoms with Crippen molar-refractivity contribution >= 4 is 5.97 Å². The summed E-state index contributed by atoms with van der Waals surface area (Å²) in [4.78, 5) is 10.7. The number of aromatic hydroxyl groups is 1. The summed E-state index contributed by atoms with van der Waals surface area (Å²) in [5.41, 5.74) is 0.737. The summed E-state index contributed by atoms with van der Waals surface area (Å²) in [5.74, 6) is -1.88. The van der Waals surface area contributed by atoms with E-state index >= 15 is 0 Å². The van der Waals surface area contributed by atoms with Gasteiger partial charge in [0.15, 0.2) is 11.5 Å². The van der Waals surface area contributed by atoms with Gasteiger partial charge >= 0.3 is 5.97 Å². The van der Waals surface area contributed by atoms with E-state index in [-0.39, 0.29) is 17.1 Å². The lowest BCUT2D eigenvalue weighted by Crippen LogP contribution is -2.00. The first-order valence-corrected chi connectivity index (χ1v) is 5.43. The second-order valence-electron chi connectivity index (χ2n) is 3.89. The van der Waals surface area contributed by atoms with Crippen LogP contribution in [0.2, 0.25) is 0 Å². The molecule has 4 nitrogen and oxygen atoms in total. The summed E-state index contributed by atoms with van der Waals surface area (Å²) >= 11 is 0. The monoisotopic (exact) mass is 262 g/mol. The standard InChI is InChI=1S/C14H11FO4/c1-19-13-7-9(3-5-12(13)16)8-2-4-10(14(17)18)11(15)6-8/h2-7,16H,1H3,(H,17,18). The first-order chi connectivity index (χ1) is 9.02. The molecule has 0 aliphatic rings. The minimum atomic E-state index is -1.31. The normalized spacial score (nSPS) is 10.2. The molecule has 0 bridgehead atoms. The van der Waals surface area contributed by atoms with Gasteiger partial charge in [-0.25, -0.2) is 9.18 Å². The van der Waals surface area contributed by atoms with Gasteiger partial charge < -0.3 is 14.9 Å². The molecular weight excluding hydrogens is 251 g/mol. The van der Waals surface area contributed by atoms with Crippen LogP contribution in [-0.4, -0.2) is 23.3 Å². The lowest BCUT2D eigenvalue weighted by atomic mass is 10.0. The summed E-state index contributed by atoms with van der Waals surface area (Å²) in [6.45, 7) is 0. The van der Waals surface area contributed by atoms with E-state index in [1.54, 1.807) is 12.1 Å². The van der Waals surface area contributed by atoms with Gasteiger partial charge in [-0.3, -0.25) is 0 Å². The minimum absolute atomic E-state index is 0.0196. The maximum Gasteiger partial charge on any atom is 0.338 e. The highest BCUT2D eigenvalue weighted by molar-refractivity contribution is 5.88. The van der Waals surface area contributed by atoms with Crippen molar-refractivity contribution in [3.63, 3.8) is 0 Å². The van der Waals surface area contributed by atoms with Crippen LogP contribution >= 0.6 is 0 Å². The molecule has 2 aromatic rings. The Hall–Kier alpha value is -2.56. The van der Waals surface area contributed by atoms with Crippen LogP contribution in [0.25, 0.3) is 11.1 Å². The second-order valence-corrected chi connectivity index (χ2v) is 3.89. The number of hydrogen-bond acceptors (Lipinski definition) is 3. The van der Waals surface area contributed by atoms with Crippen molar-refractivity contribution < 1.29 is 24.1 Å². The smallest absolute Gasteiger partial charge is 0.338 e. The number of hydrogen-bond donors (Lipinski definition) is 2. The molecule has 0 atom stereocenters. The number of halogens is 1. The highest BCUT2D eigenvalue weighted by Gasteiger charge is 2.12. The molecule has 0 aliphatic heterocycles. The van der Waals surface area contributed by atoms with E-state index in [1.807, 2.05) is 0 Å². The fourth-order valence-electron chi connectivity index (χ4n) is 1.73. The fraction of sp³-hybridized carbons (Fsp3) is 0.0714. The first-order valence-electron chi connectivity index (χ1n) is 5.43. The molecule has 0 saturated heterocycles. The van der Waals surface area contributed by atoms with Gasteiger partial charge in [0.05, 0.1) is 12.7 Å². The zero-order valence-electron chi connectivity index (χ0n) is 10.1. The Balaban J connectivity index is 2.48. The average Bonchev–Trinajstić information content (AvgIpc) is 2.38. The predicted octanol–water partition coefficient (Wildman–Crippen LogP) is 2.91. The molecule has 0 radical (unpaired) electrons. The second kappa shape index (κ2) is 4.97. The first kappa shape index (κ1) is 12.9. The van der Waals surface area contributed by atoms with Crippen LogP contribution < -0.4 is 4.74 Å². The highest BCUT2D eigenvalue weighted by atomic mass is 19.1. The van der Waals surface area contributed by atoms with E-state index in [9.17, 15) is 14.3 Å². The highest BCUT2D eigenvalue weighted by Crippen LogP contribution is 2.31. The van der Waals surface area contributed by atoms with Crippen molar-refractivity contribution in [2.45, 2.75) is 0 Å². The van der Waals surface area contributed by atoms with Gasteiger partial charge in [0.2, 0.25) is 0 Å². The quantitative estimate of drug-likeness (QED) is 0.892. The molecule has 0 aromatic heterocycles. The average molecular weight is 262 g/mol. The lowest BCUT2D eigenvalue weighted by Gasteiger charge is -2.07. The number of carboxylic acid groups (broad SMARTS) is 1. The number of methoxy groups -OCH3 is 1. The Morgan fingerprint density at radius 3 is 2.37 bits per heavy atom. The zero-order valence-corrected chi connectivity index (χ0v) is 10.1. The number of phenolic OH excluding ortho intramolecular Hbond substituents is 1. The molecule has 0 unspecified atom stereocenters. The Morgan fingerprint density at radius 2 is 1.79 bits per heavy atom. The van der Waals surface area contributed by atoms with Crippen LogP contribution in [0.1, 0.15) is 10.4 Å². The predicted molar refractivity (Wildman–Crippen MR) is 67.0 cm³/mol. The zero-order chi connectivity index (χ0) is 14.0. The van der Waals surface area contributed by atoms with Gasteiger partial charge in [-0.1, -0.05) is 12.1 Å². The fourth-order valence-corrected chi connectivity index (χ4v) is 1.73. The van der Waals surface area contributed by atoms with Gasteiger partial charge in [-0.15, -0.1) is 0 Å². The minimum Gasteiger partial charge on any atom is -0.504 e. The molecule has 0 amide bonds. The molecule has 0 fully saturated rings. The van der Waals surface area contributed by atoms with Gasteiger partial charge in [-0.2, -0.15) is 0 Å². The van der Waals surface area contributed by atoms with E-state index in [2.05, 4.69) is 0 Å². The van der Waals surface area contributed by atoms with Crippen molar-refractivity contribution in [2.24, 2.45) is 0 Å². The summed E-state index contributed by atoms with van der Waals surface area (Å²) < 4.78 is 18.5. The van der Waals surface area contributed by atoms with Crippen LogP contribution in [0, 0.1) is 5.82 Å². The largest absolute Gasteiger partial charge is 0.504 e. The van der Waals surface area contributed by atoms with Gasteiger partial charge in [0.25, 0.3) is 0 Å². The SMILES string of the molecule is COc1cc(-c2ccc(C(=O)O)c(F)c2)ccc1O. The van der Waals surface area contributed by atoms with Gasteiger partial charge in [0, 0.05) is 0 Å². The molecule has 0 aliphatic carbocycles. The maximum absolute atomic E-state index is 13.6. The van der Waals surface area contributed by atoms with E-state index in [0.29, 0.717) is 11.1 Å². The van der Waals surface area contributed by atoms with Crippen molar-refractivity contribution in [3.05, 3.63) is 47.8 Å². The Morgan fingerprint density at radius 1 is 1.16 bits per heavy atom. The molecule has 0 heterocycles. The third kappa shape index (κ3) is 2.49. The third-order valence-electron chi connectivity index (χ3n) is 2.71. The third-order valence-corrected chi connectivity index (χ3v) is 2.71. The van der Waals surface area contributed by atoms with Crippen LogP contribution in [0.5, 0.6) is 11.5 Å².